The number of fused-ring (bicyclic) bond motifs is 3. The quantitative estimate of drug-likeness (QED) is 0.614. The van der Waals surface area contributed by atoms with Crippen molar-refractivity contribution < 1.29 is 4.79 Å². The number of nitrogens with two attached hydrogens (primary N) is 1. The zero-order valence-corrected chi connectivity index (χ0v) is 17.1. The fraction of sp³-hybridized carbons (Fsp3) is 0.480. The molecule has 2 N–H and O–H groups in total. The normalized spacial score (nSPS) is 23.4. The van der Waals surface area contributed by atoms with Gasteiger partial charge in [0.1, 0.15) is 0 Å². The van der Waals surface area contributed by atoms with Crippen LogP contribution in [0.2, 0.25) is 0 Å². The molecule has 2 aromatic rings. The summed E-state index contributed by atoms with van der Waals surface area (Å²) in [5.74, 6) is 0.791. The lowest BCUT2D eigenvalue weighted by Crippen LogP contribution is -2.46. The minimum atomic E-state index is 0.169. The minimum Gasteiger partial charge on any atom is -0.398 e. The zero-order valence-electron chi connectivity index (χ0n) is 17.1. The van der Waals surface area contributed by atoms with E-state index in [9.17, 15) is 4.79 Å². The molecule has 152 valence electrons. The molecule has 0 bridgehead atoms. The SMILES string of the molecule is Nc1ccccc1C(=O)CCCN1CC[C@H]2[C@@H](C1)c1cccc3c1N2CCCC3. The number of nitrogens with zero attached hydrogens (tertiary/aromatic N) is 2. The first-order valence-corrected chi connectivity index (χ1v) is 11.2. The Bertz CT molecular complexity index is 909. The predicted octanol–water partition coefficient (Wildman–Crippen LogP) is 4.25. The van der Waals surface area contributed by atoms with Gasteiger partial charge in [-0.3, -0.25) is 4.79 Å². The van der Waals surface area contributed by atoms with Crippen molar-refractivity contribution in [3.8, 4) is 0 Å². The van der Waals surface area contributed by atoms with Crippen LogP contribution in [0.3, 0.4) is 0 Å². The second-order valence-electron chi connectivity index (χ2n) is 8.88. The Morgan fingerprint density at radius 3 is 2.86 bits per heavy atom. The third kappa shape index (κ3) is 3.44. The van der Waals surface area contributed by atoms with Gasteiger partial charge in [0.25, 0.3) is 0 Å². The highest BCUT2D eigenvalue weighted by Gasteiger charge is 2.42. The van der Waals surface area contributed by atoms with E-state index >= 15 is 0 Å². The Morgan fingerprint density at radius 2 is 1.97 bits per heavy atom. The average Bonchev–Trinajstić information content (AvgIpc) is 2.89. The summed E-state index contributed by atoms with van der Waals surface area (Å²) in [5.41, 5.74) is 11.9. The van der Waals surface area contributed by atoms with Crippen LogP contribution in [0.5, 0.6) is 0 Å². The van der Waals surface area contributed by atoms with Gasteiger partial charge in [-0.15, -0.1) is 0 Å². The molecule has 0 spiro atoms. The summed E-state index contributed by atoms with van der Waals surface area (Å²) in [7, 11) is 0. The Labute approximate surface area is 173 Å². The number of hydrogen-bond donors (Lipinski definition) is 1. The van der Waals surface area contributed by atoms with Crippen LogP contribution in [0, 0.1) is 0 Å². The summed E-state index contributed by atoms with van der Waals surface area (Å²) in [5, 5.41) is 0. The highest BCUT2D eigenvalue weighted by molar-refractivity contribution is 6.00. The van der Waals surface area contributed by atoms with Gasteiger partial charge in [-0.2, -0.15) is 0 Å². The number of rotatable bonds is 5. The van der Waals surface area contributed by atoms with Gasteiger partial charge in [0.05, 0.1) is 0 Å². The largest absolute Gasteiger partial charge is 0.398 e. The minimum absolute atomic E-state index is 0.169. The lowest BCUT2D eigenvalue weighted by molar-refractivity contribution is 0.0972. The molecule has 2 aromatic carbocycles. The van der Waals surface area contributed by atoms with Gasteiger partial charge in [0, 0.05) is 55.0 Å². The number of ketones is 1. The molecule has 1 saturated heterocycles. The molecule has 0 saturated carbocycles. The van der Waals surface area contributed by atoms with E-state index in [2.05, 4.69) is 28.0 Å². The number of anilines is 2. The molecular formula is C25H31N3O. The van der Waals surface area contributed by atoms with E-state index in [1.807, 2.05) is 24.3 Å². The fourth-order valence-corrected chi connectivity index (χ4v) is 5.74. The standard InChI is InChI=1S/C25H31N3O/c26-22-11-2-1-9-20(22)24(29)12-6-14-27-16-13-23-21(17-27)19-10-5-8-18-7-3-4-15-28(23)25(18)19/h1-2,5,8-11,21,23H,3-4,6-7,12-17,26H2/t21-,23-/m0/s1. The summed E-state index contributed by atoms with van der Waals surface area (Å²) < 4.78 is 0. The van der Waals surface area contributed by atoms with Gasteiger partial charge in [-0.05, 0) is 61.9 Å². The Hall–Kier alpha value is -2.33. The van der Waals surface area contributed by atoms with Crippen LogP contribution in [-0.2, 0) is 6.42 Å². The van der Waals surface area contributed by atoms with Crippen molar-refractivity contribution in [2.24, 2.45) is 0 Å². The van der Waals surface area contributed by atoms with Crippen LogP contribution >= 0.6 is 0 Å². The number of aryl methyl sites for hydroxylation is 1. The topological polar surface area (TPSA) is 49.6 Å². The first kappa shape index (κ1) is 18.7. The maximum atomic E-state index is 12.5. The molecule has 3 aliphatic heterocycles. The van der Waals surface area contributed by atoms with Gasteiger partial charge in [-0.1, -0.05) is 30.3 Å². The molecule has 29 heavy (non-hydrogen) atoms. The molecule has 0 unspecified atom stereocenters. The Balaban J connectivity index is 1.23. The third-order valence-electron chi connectivity index (χ3n) is 7.13. The monoisotopic (exact) mass is 389 g/mol. The number of piperidine rings is 1. The molecule has 4 heteroatoms. The van der Waals surface area contributed by atoms with Gasteiger partial charge < -0.3 is 15.5 Å². The number of carbonyl (C=O) groups excluding carboxylic acids is 1. The van der Waals surface area contributed by atoms with E-state index < -0.39 is 0 Å². The van der Waals surface area contributed by atoms with E-state index in [1.165, 1.54) is 32.2 Å². The van der Waals surface area contributed by atoms with E-state index in [0.717, 1.165) is 26.1 Å². The molecule has 1 fully saturated rings. The second-order valence-corrected chi connectivity index (χ2v) is 8.88. The number of Topliss-reactive ketones (excluding diaryl/α,β-unsaturated/α-hetero) is 1. The molecule has 0 aliphatic carbocycles. The van der Waals surface area contributed by atoms with Gasteiger partial charge in [0.15, 0.2) is 5.78 Å². The summed E-state index contributed by atoms with van der Waals surface area (Å²) >= 11 is 0. The third-order valence-corrected chi connectivity index (χ3v) is 7.13. The highest BCUT2D eigenvalue weighted by Crippen LogP contribution is 2.47. The molecule has 2 atom stereocenters. The van der Waals surface area contributed by atoms with E-state index in [-0.39, 0.29) is 5.78 Å². The zero-order chi connectivity index (χ0) is 19.8. The van der Waals surface area contributed by atoms with Crippen molar-refractivity contribution in [1.82, 2.24) is 4.90 Å². The number of carbonyl (C=O) groups is 1. The molecular weight excluding hydrogens is 358 g/mol. The molecule has 4 nitrogen and oxygen atoms in total. The molecule has 0 amide bonds. The predicted molar refractivity (Wildman–Crippen MR) is 119 cm³/mol. The van der Waals surface area contributed by atoms with Gasteiger partial charge >= 0.3 is 0 Å². The highest BCUT2D eigenvalue weighted by atomic mass is 16.1. The van der Waals surface area contributed by atoms with Crippen LogP contribution in [0.1, 0.15) is 59.5 Å². The van der Waals surface area contributed by atoms with Crippen LogP contribution in [0.4, 0.5) is 11.4 Å². The van der Waals surface area contributed by atoms with Crippen molar-refractivity contribution in [2.45, 2.75) is 50.5 Å². The maximum absolute atomic E-state index is 12.5. The van der Waals surface area contributed by atoms with Crippen LogP contribution in [-0.4, -0.2) is 42.9 Å². The van der Waals surface area contributed by atoms with Crippen molar-refractivity contribution >= 4 is 17.2 Å². The fourth-order valence-electron chi connectivity index (χ4n) is 5.74. The van der Waals surface area contributed by atoms with Crippen molar-refractivity contribution in [2.75, 3.05) is 36.8 Å². The lowest BCUT2D eigenvalue weighted by atomic mass is 9.88. The molecule has 0 radical (unpaired) electrons. The molecule has 3 heterocycles. The number of benzene rings is 2. The first-order valence-electron chi connectivity index (χ1n) is 11.2. The van der Waals surface area contributed by atoms with Gasteiger partial charge in [0.2, 0.25) is 0 Å². The second kappa shape index (κ2) is 7.83. The first-order chi connectivity index (χ1) is 14.2. The van der Waals surface area contributed by atoms with Crippen molar-refractivity contribution in [1.29, 1.82) is 0 Å². The Morgan fingerprint density at radius 1 is 1.07 bits per heavy atom. The number of para-hydroxylation sites is 2. The van der Waals surface area contributed by atoms with E-state index in [4.69, 9.17) is 5.73 Å². The Kier molecular flexibility index (Phi) is 5.04. The van der Waals surface area contributed by atoms with Crippen LogP contribution < -0.4 is 10.6 Å². The number of nitrogen functional groups attached to an aromatic ring is 1. The molecule has 0 aromatic heterocycles. The maximum Gasteiger partial charge on any atom is 0.164 e. The van der Waals surface area contributed by atoms with Crippen LogP contribution in [0.25, 0.3) is 0 Å². The van der Waals surface area contributed by atoms with Crippen molar-refractivity contribution in [3.63, 3.8) is 0 Å². The van der Waals surface area contributed by atoms with Crippen molar-refractivity contribution in [3.05, 3.63) is 59.2 Å². The molecule has 3 aliphatic rings. The number of hydrogen-bond acceptors (Lipinski definition) is 4. The van der Waals surface area contributed by atoms with E-state index in [1.54, 1.807) is 16.8 Å². The van der Waals surface area contributed by atoms with E-state index in [0.29, 0.717) is 29.6 Å². The number of likely N-dealkylation sites (tertiary alicyclic amines) is 1. The summed E-state index contributed by atoms with van der Waals surface area (Å²) in [6.45, 7) is 4.48. The van der Waals surface area contributed by atoms with Gasteiger partial charge in [-0.25, -0.2) is 0 Å². The van der Waals surface area contributed by atoms with Crippen LogP contribution in [0.15, 0.2) is 42.5 Å². The summed E-state index contributed by atoms with van der Waals surface area (Å²) in [4.78, 5) is 17.8. The summed E-state index contributed by atoms with van der Waals surface area (Å²) in [6.07, 6.45) is 6.57. The molecule has 5 rings (SSSR count). The average molecular weight is 390 g/mol. The smallest absolute Gasteiger partial charge is 0.164 e. The lowest BCUT2D eigenvalue weighted by Gasteiger charge is -2.39. The summed E-state index contributed by atoms with van der Waals surface area (Å²) in [6, 6.07) is 15.1.